The lowest BCUT2D eigenvalue weighted by molar-refractivity contribution is -0.143. The molecule has 0 saturated carbocycles. The zero-order valence-corrected chi connectivity index (χ0v) is 19.9. The van der Waals surface area contributed by atoms with E-state index in [2.05, 4.69) is 21.2 Å². The molecule has 2 aromatic carbocycles. The van der Waals surface area contributed by atoms with Gasteiger partial charge in [-0.2, -0.15) is 0 Å². The largest absolute Gasteiger partial charge is 0.484 e. The molecule has 2 rings (SSSR count). The molecule has 0 aliphatic rings. The average Bonchev–Trinajstić information content (AvgIpc) is 2.72. The SMILES string of the molecule is CCC(C(=O)NCC(C)C)N(Cc1ccc(Cl)cc1)C(=O)COc1ccc(Br)cc1. The predicted molar refractivity (Wildman–Crippen MR) is 124 cm³/mol. The summed E-state index contributed by atoms with van der Waals surface area (Å²) in [6.07, 6.45) is 0.502. The summed E-state index contributed by atoms with van der Waals surface area (Å²) < 4.78 is 6.60. The summed E-state index contributed by atoms with van der Waals surface area (Å²) >= 11 is 9.36. The van der Waals surface area contributed by atoms with Crippen molar-refractivity contribution in [2.24, 2.45) is 5.92 Å². The Kier molecular flexibility index (Phi) is 9.66. The summed E-state index contributed by atoms with van der Waals surface area (Å²) in [5.74, 6) is 0.513. The number of nitrogens with zero attached hydrogens (tertiary/aromatic N) is 1. The highest BCUT2D eigenvalue weighted by molar-refractivity contribution is 9.10. The monoisotopic (exact) mass is 494 g/mol. The Labute approximate surface area is 191 Å². The third-order valence-corrected chi connectivity index (χ3v) is 5.29. The van der Waals surface area contributed by atoms with Crippen molar-refractivity contribution in [2.45, 2.75) is 39.8 Å². The van der Waals surface area contributed by atoms with Gasteiger partial charge in [-0.25, -0.2) is 0 Å². The van der Waals surface area contributed by atoms with Gasteiger partial charge in [-0.1, -0.05) is 60.4 Å². The van der Waals surface area contributed by atoms with Crippen molar-refractivity contribution < 1.29 is 14.3 Å². The predicted octanol–water partition coefficient (Wildman–Crippen LogP) is 5.06. The van der Waals surface area contributed by atoms with Gasteiger partial charge in [0, 0.05) is 22.6 Å². The van der Waals surface area contributed by atoms with E-state index in [4.69, 9.17) is 16.3 Å². The number of halogens is 2. The van der Waals surface area contributed by atoms with Gasteiger partial charge in [-0.3, -0.25) is 9.59 Å². The van der Waals surface area contributed by atoms with Crippen LogP contribution in [0, 0.1) is 5.92 Å². The molecule has 30 heavy (non-hydrogen) atoms. The standard InChI is InChI=1S/C23H28BrClN2O3/c1-4-21(23(29)26-13-16(2)3)27(14-17-5-9-19(25)10-6-17)22(28)15-30-20-11-7-18(24)8-12-20/h5-12,16,21H,4,13-15H2,1-3H3,(H,26,29). The van der Waals surface area contributed by atoms with Gasteiger partial charge in [-0.05, 0) is 54.3 Å². The Morgan fingerprint density at radius 3 is 2.30 bits per heavy atom. The summed E-state index contributed by atoms with van der Waals surface area (Å²) in [4.78, 5) is 27.5. The zero-order chi connectivity index (χ0) is 22.1. The van der Waals surface area contributed by atoms with Crippen molar-refractivity contribution in [2.75, 3.05) is 13.2 Å². The number of amides is 2. The minimum Gasteiger partial charge on any atom is -0.484 e. The number of carbonyl (C=O) groups excluding carboxylic acids is 2. The number of carbonyl (C=O) groups is 2. The summed E-state index contributed by atoms with van der Waals surface area (Å²) in [7, 11) is 0. The van der Waals surface area contributed by atoms with Gasteiger partial charge in [-0.15, -0.1) is 0 Å². The van der Waals surface area contributed by atoms with E-state index in [1.165, 1.54) is 0 Å². The van der Waals surface area contributed by atoms with Crippen LogP contribution in [0.5, 0.6) is 5.75 Å². The van der Waals surface area contributed by atoms with Crippen molar-refractivity contribution in [3.63, 3.8) is 0 Å². The van der Waals surface area contributed by atoms with Crippen molar-refractivity contribution >= 4 is 39.3 Å². The second kappa shape index (κ2) is 12.0. The Balaban J connectivity index is 2.17. The molecular formula is C23H28BrClN2O3. The molecule has 0 fully saturated rings. The minimum absolute atomic E-state index is 0.150. The lowest BCUT2D eigenvalue weighted by atomic mass is 10.1. The third kappa shape index (κ3) is 7.65. The van der Waals surface area contributed by atoms with E-state index in [-0.39, 0.29) is 18.4 Å². The molecule has 0 spiro atoms. The number of nitrogens with one attached hydrogen (secondary N) is 1. The fourth-order valence-electron chi connectivity index (χ4n) is 2.89. The molecule has 0 aliphatic carbocycles. The highest BCUT2D eigenvalue weighted by Crippen LogP contribution is 2.18. The molecule has 1 N–H and O–H groups in total. The average molecular weight is 496 g/mol. The van der Waals surface area contributed by atoms with Crippen molar-refractivity contribution in [1.29, 1.82) is 0 Å². The quantitative estimate of drug-likeness (QED) is 0.501. The zero-order valence-electron chi connectivity index (χ0n) is 17.5. The molecule has 0 bridgehead atoms. The van der Waals surface area contributed by atoms with Gasteiger partial charge < -0.3 is 15.0 Å². The topological polar surface area (TPSA) is 58.6 Å². The van der Waals surface area contributed by atoms with Gasteiger partial charge in [0.25, 0.3) is 5.91 Å². The van der Waals surface area contributed by atoms with Crippen LogP contribution in [-0.4, -0.2) is 35.9 Å². The summed E-state index contributed by atoms with van der Waals surface area (Å²) in [5, 5.41) is 3.57. The lowest BCUT2D eigenvalue weighted by Crippen LogP contribution is -2.50. The van der Waals surface area contributed by atoms with E-state index >= 15 is 0 Å². The third-order valence-electron chi connectivity index (χ3n) is 4.51. The van der Waals surface area contributed by atoms with Crippen LogP contribution in [0.1, 0.15) is 32.8 Å². The first-order valence-corrected chi connectivity index (χ1v) is 11.2. The van der Waals surface area contributed by atoms with E-state index in [0.717, 1.165) is 10.0 Å². The molecule has 162 valence electrons. The van der Waals surface area contributed by atoms with Crippen LogP contribution in [0.2, 0.25) is 5.02 Å². The minimum atomic E-state index is -0.583. The van der Waals surface area contributed by atoms with E-state index in [0.29, 0.717) is 36.2 Å². The molecule has 0 radical (unpaired) electrons. The lowest BCUT2D eigenvalue weighted by Gasteiger charge is -2.30. The molecule has 0 saturated heterocycles. The summed E-state index contributed by atoms with van der Waals surface area (Å²) in [6, 6.07) is 13.9. The van der Waals surface area contributed by atoms with E-state index < -0.39 is 6.04 Å². The first kappa shape index (κ1) is 24.2. The van der Waals surface area contributed by atoms with E-state index in [1.807, 2.05) is 45.0 Å². The van der Waals surface area contributed by atoms with Crippen LogP contribution >= 0.6 is 27.5 Å². The molecule has 0 aliphatic heterocycles. The Morgan fingerprint density at radius 2 is 1.73 bits per heavy atom. The van der Waals surface area contributed by atoms with Crippen molar-refractivity contribution in [3.05, 3.63) is 63.6 Å². The maximum Gasteiger partial charge on any atom is 0.261 e. The summed E-state index contributed by atoms with van der Waals surface area (Å²) in [5.41, 5.74) is 0.895. The van der Waals surface area contributed by atoms with Gasteiger partial charge in [0.05, 0.1) is 0 Å². The fourth-order valence-corrected chi connectivity index (χ4v) is 3.28. The van der Waals surface area contributed by atoms with Crippen LogP contribution in [-0.2, 0) is 16.1 Å². The number of hydrogen-bond acceptors (Lipinski definition) is 3. The van der Waals surface area contributed by atoms with Gasteiger partial charge in [0.1, 0.15) is 11.8 Å². The molecule has 0 heterocycles. The number of rotatable bonds is 10. The van der Waals surface area contributed by atoms with Crippen LogP contribution < -0.4 is 10.1 Å². The molecule has 7 heteroatoms. The molecule has 1 atom stereocenters. The fraction of sp³-hybridized carbons (Fsp3) is 0.391. The highest BCUT2D eigenvalue weighted by atomic mass is 79.9. The highest BCUT2D eigenvalue weighted by Gasteiger charge is 2.29. The van der Waals surface area contributed by atoms with Crippen LogP contribution in [0.4, 0.5) is 0 Å². The van der Waals surface area contributed by atoms with Crippen molar-refractivity contribution in [1.82, 2.24) is 10.2 Å². The maximum atomic E-state index is 13.1. The first-order valence-electron chi connectivity index (χ1n) is 10.00. The van der Waals surface area contributed by atoms with Crippen molar-refractivity contribution in [3.8, 4) is 5.75 Å². The number of benzene rings is 2. The molecule has 5 nitrogen and oxygen atoms in total. The number of hydrogen-bond donors (Lipinski definition) is 1. The van der Waals surface area contributed by atoms with Gasteiger partial charge in [0.15, 0.2) is 6.61 Å². The normalized spacial score (nSPS) is 11.8. The molecule has 1 unspecified atom stereocenters. The van der Waals surface area contributed by atoms with Crippen LogP contribution in [0.15, 0.2) is 53.0 Å². The second-order valence-electron chi connectivity index (χ2n) is 7.45. The number of ether oxygens (including phenoxy) is 1. The van der Waals surface area contributed by atoms with E-state index in [1.54, 1.807) is 29.2 Å². The first-order chi connectivity index (χ1) is 14.3. The molecule has 0 aromatic heterocycles. The molecule has 2 aromatic rings. The van der Waals surface area contributed by atoms with Gasteiger partial charge >= 0.3 is 0 Å². The van der Waals surface area contributed by atoms with Crippen LogP contribution in [0.3, 0.4) is 0 Å². The molecular weight excluding hydrogens is 468 g/mol. The summed E-state index contributed by atoms with van der Waals surface area (Å²) in [6.45, 7) is 6.68. The second-order valence-corrected chi connectivity index (χ2v) is 8.81. The Bertz CT molecular complexity index is 825. The maximum absolute atomic E-state index is 13.1. The Hall–Kier alpha value is -2.05. The van der Waals surface area contributed by atoms with Crippen LogP contribution in [0.25, 0.3) is 0 Å². The Morgan fingerprint density at radius 1 is 1.10 bits per heavy atom. The smallest absolute Gasteiger partial charge is 0.261 e. The molecule has 2 amide bonds. The van der Waals surface area contributed by atoms with E-state index in [9.17, 15) is 9.59 Å². The van der Waals surface area contributed by atoms with Gasteiger partial charge in [0.2, 0.25) is 5.91 Å².